The second-order valence-electron chi connectivity index (χ2n) is 7.76. The van der Waals surface area contributed by atoms with Gasteiger partial charge in [0.15, 0.2) is 17.3 Å². The Morgan fingerprint density at radius 2 is 1.74 bits per heavy atom. The summed E-state index contributed by atoms with van der Waals surface area (Å²) in [5.74, 6) is -2.89. The van der Waals surface area contributed by atoms with Gasteiger partial charge in [-0.2, -0.15) is 4.98 Å². The van der Waals surface area contributed by atoms with E-state index in [1.807, 2.05) is 13.8 Å². The van der Waals surface area contributed by atoms with Crippen molar-refractivity contribution < 1.29 is 21.6 Å². The standard InChI is InChI=1S/C19H21F3N6O2S/c1-10(2)24-18-23-9-15-17(27-18)28(12-3-5-31(29,30)6-4-12)19(25-15)26-16-13(21)7-11(20)8-14(16)22/h7-10,12H,3-6H2,1-2H3,(H,25,26)(H,23,24,27). The predicted molar refractivity (Wildman–Crippen MR) is 111 cm³/mol. The number of benzene rings is 1. The third kappa shape index (κ3) is 4.43. The molecule has 0 atom stereocenters. The number of hydrogen-bond donors (Lipinski definition) is 2. The molecule has 2 N–H and O–H groups in total. The van der Waals surface area contributed by atoms with Gasteiger partial charge in [0.25, 0.3) is 0 Å². The first-order valence-electron chi connectivity index (χ1n) is 9.76. The molecule has 0 bridgehead atoms. The van der Waals surface area contributed by atoms with Crippen molar-refractivity contribution in [3.05, 3.63) is 35.8 Å². The molecule has 1 aliphatic rings. The average molecular weight is 454 g/mol. The minimum Gasteiger partial charge on any atom is -0.352 e. The minimum atomic E-state index is -3.13. The number of nitrogens with zero attached hydrogens (tertiary/aromatic N) is 4. The lowest BCUT2D eigenvalue weighted by Gasteiger charge is -2.25. The summed E-state index contributed by atoms with van der Waals surface area (Å²) < 4.78 is 67.2. The highest BCUT2D eigenvalue weighted by molar-refractivity contribution is 7.91. The van der Waals surface area contributed by atoms with Crippen LogP contribution in [0.15, 0.2) is 18.3 Å². The summed E-state index contributed by atoms with van der Waals surface area (Å²) in [4.78, 5) is 13.1. The SMILES string of the molecule is CC(C)Nc1ncc2nc(Nc3c(F)cc(F)cc3F)n(C3CCS(=O)(=O)CC3)c2n1. The van der Waals surface area contributed by atoms with Crippen molar-refractivity contribution in [3.63, 3.8) is 0 Å². The molecule has 0 aliphatic carbocycles. The van der Waals surface area contributed by atoms with Crippen LogP contribution in [0.5, 0.6) is 0 Å². The van der Waals surface area contributed by atoms with Gasteiger partial charge in [-0.05, 0) is 26.7 Å². The molecule has 0 radical (unpaired) electrons. The largest absolute Gasteiger partial charge is 0.352 e. The molecule has 1 aliphatic heterocycles. The van der Waals surface area contributed by atoms with Gasteiger partial charge in [0, 0.05) is 24.2 Å². The van der Waals surface area contributed by atoms with Crippen LogP contribution in [-0.2, 0) is 9.84 Å². The van der Waals surface area contributed by atoms with Crippen molar-refractivity contribution >= 4 is 38.6 Å². The van der Waals surface area contributed by atoms with Gasteiger partial charge in [-0.25, -0.2) is 31.6 Å². The summed E-state index contributed by atoms with van der Waals surface area (Å²) in [5, 5.41) is 5.68. The monoisotopic (exact) mass is 454 g/mol. The van der Waals surface area contributed by atoms with E-state index in [9.17, 15) is 21.6 Å². The normalized spacial score (nSPS) is 16.7. The second kappa shape index (κ2) is 7.98. The Kier molecular flexibility index (Phi) is 5.50. The van der Waals surface area contributed by atoms with Crippen molar-refractivity contribution in [1.82, 2.24) is 19.5 Å². The second-order valence-corrected chi connectivity index (χ2v) is 10.1. The zero-order valence-electron chi connectivity index (χ0n) is 16.9. The van der Waals surface area contributed by atoms with Gasteiger partial charge in [-0.1, -0.05) is 0 Å². The minimum absolute atomic E-state index is 0.0156. The fraction of sp³-hybridized carbons (Fsp3) is 0.421. The predicted octanol–water partition coefficient (Wildman–Crippen LogP) is 3.56. The number of hydrogen-bond acceptors (Lipinski definition) is 7. The summed E-state index contributed by atoms with van der Waals surface area (Å²) in [6.45, 7) is 3.84. The Labute approximate surface area is 176 Å². The zero-order valence-corrected chi connectivity index (χ0v) is 17.7. The molecule has 2 aromatic heterocycles. The van der Waals surface area contributed by atoms with Crippen LogP contribution in [0.3, 0.4) is 0 Å². The topological polar surface area (TPSA) is 102 Å². The molecule has 4 rings (SSSR count). The highest BCUT2D eigenvalue weighted by atomic mass is 32.2. The van der Waals surface area contributed by atoms with E-state index in [2.05, 4.69) is 25.6 Å². The van der Waals surface area contributed by atoms with E-state index in [1.165, 1.54) is 6.20 Å². The molecule has 1 aromatic carbocycles. The number of anilines is 3. The van der Waals surface area contributed by atoms with Crippen molar-refractivity contribution in [3.8, 4) is 0 Å². The van der Waals surface area contributed by atoms with Crippen LogP contribution in [0, 0.1) is 17.5 Å². The number of nitrogens with one attached hydrogen (secondary N) is 2. The molecule has 12 heteroatoms. The molecule has 0 amide bonds. The molecule has 3 heterocycles. The summed E-state index contributed by atoms with van der Waals surface area (Å²) >= 11 is 0. The summed E-state index contributed by atoms with van der Waals surface area (Å²) in [7, 11) is -3.13. The van der Waals surface area contributed by atoms with Gasteiger partial charge >= 0.3 is 0 Å². The van der Waals surface area contributed by atoms with Crippen LogP contribution < -0.4 is 10.6 Å². The van der Waals surface area contributed by atoms with Gasteiger partial charge < -0.3 is 10.6 Å². The van der Waals surface area contributed by atoms with E-state index in [1.54, 1.807) is 4.57 Å². The maximum Gasteiger partial charge on any atom is 0.224 e. The average Bonchev–Trinajstić information content (AvgIpc) is 3.01. The first-order chi connectivity index (χ1) is 14.6. The van der Waals surface area contributed by atoms with E-state index in [0.29, 0.717) is 42.1 Å². The third-order valence-electron chi connectivity index (χ3n) is 4.98. The van der Waals surface area contributed by atoms with Gasteiger partial charge in [0.2, 0.25) is 11.9 Å². The molecule has 31 heavy (non-hydrogen) atoms. The van der Waals surface area contributed by atoms with Crippen LogP contribution in [0.25, 0.3) is 11.2 Å². The smallest absolute Gasteiger partial charge is 0.224 e. The van der Waals surface area contributed by atoms with Gasteiger partial charge in [0.05, 0.1) is 17.7 Å². The van der Waals surface area contributed by atoms with E-state index >= 15 is 0 Å². The van der Waals surface area contributed by atoms with Crippen LogP contribution >= 0.6 is 0 Å². The molecule has 0 spiro atoms. The lowest BCUT2D eigenvalue weighted by molar-refractivity contribution is 0.461. The highest BCUT2D eigenvalue weighted by Gasteiger charge is 2.29. The molecule has 1 fully saturated rings. The number of fused-ring (bicyclic) bond motifs is 1. The van der Waals surface area contributed by atoms with Crippen molar-refractivity contribution in [2.45, 2.75) is 38.8 Å². The van der Waals surface area contributed by atoms with E-state index in [0.717, 1.165) is 0 Å². The summed E-state index contributed by atoms with van der Waals surface area (Å²) in [6.07, 6.45) is 2.08. The van der Waals surface area contributed by atoms with Crippen LogP contribution in [0.2, 0.25) is 0 Å². The Balaban J connectivity index is 1.82. The number of sulfone groups is 1. The first kappa shape index (κ1) is 21.3. The molecule has 0 unspecified atom stereocenters. The highest BCUT2D eigenvalue weighted by Crippen LogP contribution is 2.33. The lowest BCUT2D eigenvalue weighted by Crippen LogP contribution is -2.26. The molecule has 8 nitrogen and oxygen atoms in total. The van der Waals surface area contributed by atoms with E-state index in [-0.39, 0.29) is 29.5 Å². The molecule has 3 aromatic rings. The lowest BCUT2D eigenvalue weighted by atomic mass is 10.1. The first-order valence-corrected chi connectivity index (χ1v) is 11.6. The van der Waals surface area contributed by atoms with E-state index < -0.39 is 33.0 Å². The maximum atomic E-state index is 14.2. The molecular weight excluding hydrogens is 433 g/mol. The molecule has 1 saturated heterocycles. The van der Waals surface area contributed by atoms with Gasteiger partial charge in [-0.15, -0.1) is 0 Å². The Bertz CT molecular complexity index is 1210. The molecule has 166 valence electrons. The maximum absolute atomic E-state index is 14.2. The van der Waals surface area contributed by atoms with Crippen LogP contribution in [0.4, 0.5) is 30.8 Å². The quantitative estimate of drug-likeness (QED) is 0.608. The Morgan fingerprint density at radius 1 is 1.10 bits per heavy atom. The molecule has 0 saturated carbocycles. The van der Waals surface area contributed by atoms with Crippen LogP contribution in [-0.4, -0.2) is 45.5 Å². The number of imidazole rings is 1. The van der Waals surface area contributed by atoms with Crippen LogP contribution in [0.1, 0.15) is 32.7 Å². The summed E-state index contributed by atoms with van der Waals surface area (Å²) in [5.41, 5.74) is 0.205. The third-order valence-corrected chi connectivity index (χ3v) is 6.70. The molecular formula is C19H21F3N6O2S. The van der Waals surface area contributed by atoms with Crippen molar-refractivity contribution in [1.29, 1.82) is 0 Å². The Morgan fingerprint density at radius 3 is 2.35 bits per heavy atom. The van der Waals surface area contributed by atoms with Gasteiger partial charge in [-0.3, -0.25) is 4.57 Å². The fourth-order valence-electron chi connectivity index (χ4n) is 3.56. The Hall–Kier alpha value is -2.89. The number of aromatic nitrogens is 4. The van der Waals surface area contributed by atoms with Crippen molar-refractivity contribution in [2.24, 2.45) is 0 Å². The summed E-state index contributed by atoms with van der Waals surface area (Å²) in [6, 6.07) is 0.879. The zero-order chi connectivity index (χ0) is 22.3. The van der Waals surface area contributed by atoms with Gasteiger partial charge in [0.1, 0.15) is 26.9 Å². The van der Waals surface area contributed by atoms with E-state index in [4.69, 9.17) is 0 Å². The number of rotatable bonds is 5. The fourth-order valence-corrected chi connectivity index (χ4v) is 5.03. The number of halogens is 3. The van der Waals surface area contributed by atoms with Crippen molar-refractivity contribution in [2.75, 3.05) is 22.1 Å².